The molecule has 2 aromatic carbocycles. The highest BCUT2D eigenvalue weighted by molar-refractivity contribution is 5.79. The lowest BCUT2D eigenvalue weighted by Crippen LogP contribution is -2.49. The van der Waals surface area contributed by atoms with Gasteiger partial charge in [0.1, 0.15) is 5.75 Å². The second-order valence-electron chi connectivity index (χ2n) is 8.39. The number of ether oxygens (including phenoxy) is 1. The van der Waals surface area contributed by atoms with Crippen LogP contribution in [0.2, 0.25) is 0 Å². The van der Waals surface area contributed by atoms with Crippen LogP contribution in [0.25, 0.3) is 11.4 Å². The molecule has 174 valence electrons. The van der Waals surface area contributed by atoms with E-state index in [0.29, 0.717) is 12.2 Å². The van der Waals surface area contributed by atoms with Crippen LogP contribution < -0.4 is 4.74 Å². The third-order valence-corrected chi connectivity index (χ3v) is 6.03. The summed E-state index contributed by atoms with van der Waals surface area (Å²) >= 11 is 0. The van der Waals surface area contributed by atoms with E-state index in [9.17, 15) is 4.79 Å². The molecular weight excluding hydrogens is 416 g/mol. The van der Waals surface area contributed by atoms with Gasteiger partial charge in [0.2, 0.25) is 11.7 Å². The molecule has 0 aliphatic carbocycles. The monoisotopic (exact) mass is 448 g/mol. The molecule has 1 aliphatic rings. The topological polar surface area (TPSA) is 76.4 Å². The van der Waals surface area contributed by atoms with Crippen LogP contribution in [0, 0.1) is 0 Å². The molecule has 33 heavy (non-hydrogen) atoms. The zero-order valence-corrected chi connectivity index (χ0v) is 19.3. The molecule has 1 aromatic heterocycles. The van der Waals surface area contributed by atoms with Gasteiger partial charge in [-0.15, -0.1) is 10.2 Å². The molecule has 1 aliphatic heterocycles. The van der Waals surface area contributed by atoms with Crippen LogP contribution in [0.3, 0.4) is 0 Å². The lowest BCUT2D eigenvalue weighted by Gasteiger charge is -2.34. The number of rotatable bonds is 10. The largest absolute Gasteiger partial charge is 0.497 e. The Morgan fingerprint density at radius 1 is 0.939 bits per heavy atom. The average molecular weight is 449 g/mol. The molecule has 1 amide bonds. The van der Waals surface area contributed by atoms with E-state index < -0.39 is 0 Å². The highest BCUT2D eigenvalue weighted by atomic mass is 16.5. The molecule has 4 rings (SSSR count). The fourth-order valence-corrected chi connectivity index (χ4v) is 4.10. The second-order valence-corrected chi connectivity index (χ2v) is 8.39. The van der Waals surface area contributed by atoms with E-state index in [0.717, 1.165) is 75.4 Å². The first-order valence-electron chi connectivity index (χ1n) is 11.7. The zero-order valence-electron chi connectivity index (χ0n) is 19.3. The number of nitrogens with zero attached hydrogens (tertiary/aromatic N) is 6. The van der Waals surface area contributed by atoms with Crippen LogP contribution in [-0.2, 0) is 17.8 Å². The molecule has 0 N–H and O–H groups in total. The minimum atomic E-state index is 0.193. The first-order valence-corrected chi connectivity index (χ1v) is 11.7. The fraction of sp³-hybridized carbons (Fsp3) is 0.440. The van der Waals surface area contributed by atoms with Gasteiger partial charge in [-0.3, -0.25) is 9.69 Å². The van der Waals surface area contributed by atoms with E-state index in [2.05, 4.69) is 20.3 Å². The van der Waals surface area contributed by atoms with Crippen molar-refractivity contribution in [1.29, 1.82) is 0 Å². The van der Waals surface area contributed by atoms with Gasteiger partial charge in [-0.2, -0.15) is 4.80 Å². The van der Waals surface area contributed by atoms with Crippen LogP contribution in [-0.4, -0.2) is 75.7 Å². The van der Waals surface area contributed by atoms with Crippen LogP contribution in [0.5, 0.6) is 5.75 Å². The van der Waals surface area contributed by atoms with Gasteiger partial charge in [-0.05, 0) is 42.3 Å². The number of aryl methyl sites for hydroxylation is 1. The number of unbranched alkanes of at least 4 members (excludes halogenated alkanes) is 2. The van der Waals surface area contributed by atoms with Gasteiger partial charge < -0.3 is 9.64 Å². The van der Waals surface area contributed by atoms with Crippen molar-refractivity contribution in [3.63, 3.8) is 0 Å². The maximum Gasteiger partial charge on any atom is 0.227 e. The zero-order chi connectivity index (χ0) is 22.9. The third-order valence-electron chi connectivity index (χ3n) is 6.03. The van der Waals surface area contributed by atoms with Gasteiger partial charge in [0, 0.05) is 31.7 Å². The number of hydrogen-bond acceptors (Lipinski definition) is 6. The van der Waals surface area contributed by atoms with Gasteiger partial charge >= 0.3 is 0 Å². The van der Waals surface area contributed by atoms with Crippen molar-refractivity contribution in [1.82, 2.24) is 30.0 Å². The Labute approximate surface area is 195 Å². The number of methoxy groups -OCH3 is 1. The van der Waals surface area contributed by atoms with Crippen molar-refractivity contribution in [2.75, 3.05) is 39.8 Å². The smallest absolute Gasteiger partial charge is 0.227 e. The van der Waals surface area contributed by atoms with Crippen molar-refractivity contribution in [2.45, 2.75) is 32.2 Å². The third kappa shape index (κ3) is 6.61. The van der Waals surface area contributed by atoms with Crippen LogP contribution in [0.4, 0.5) is 0 Å². The molecule has 1 saturated heterocycles. The summed E-state index contributed by atoms with van der Waals surface area (Å²) in [5.74, 6) is 1.66. The number of aromatic nitrogens is 4. The Morgan fingerprint density at radius 3 is 2.52 bits per heavy atom. The molecule has 0 saturated carbocycles. The normalized spacial score (nSPS) is 14.4. The predicted molar refractivity (Wildman–Crippen MR) is 127 cm³/mol. The molecule has 2 heterocycles. The number of amides is 1. The van der Waals surface area contributed by atoms with Crippen molar-refractivity contribution in [3.05, 3.63) is 60.2 Å². The number of carbonyl (C=O) groups excluding carboxylic acids is 1. The molecule has 0 bridgehead atoms. The van der Waals surface area contributed by atoms with E-state index in [1.54, 1.807) is 11.9 Å². The van der Waals surface area contributed by atoms with E-state index >= 15 is 0 Å². The van der Waals surface area contributed by atoms with E-state index in [1.165, 1.54) is 0 Å². The minimum absolute atomic E-state index is 0.193. The summed E-state index contributed by atoms with van der Waals surface area (Å²) in [6.45, 7) is 5.33. The Balaban J connectivity index is 1.11. The number of carbonyl (C=O) groups is 1. The molecule has 8 heteroatoms. The molecule has 0 radical (unpaired) electrons. The van der Waals surface area contributed by atoms with Gasteiger partial charge in [0.25, 0.3) is 0 Å². The SMILES string of the molecule is COc1cccc(CC(=O)N2CCN(CCCCCn3nnc(-c4ccccc4)n3)CC2)c1. The standard InChI is InChI=1S/C25H32N6O2/c1-33-23-12-8-9-21(19-23)20-24(32)30-17-15-29(16-18-30)13-6-3-7-14-31-27-25(26-28-31)22-10-4-2-5-11-22/h2,4-5,8-12,19H,3,6-7,13-18,20H2,1H3. The summed E-state index contributed by atoms with van der Waals surface area (Å²) in [6, 6.07) is 17.7. The van der Waals surface area contributed by atoms with E-state index in [-0.39, 0.29) is 5.91 Å². The highest BCUT2D eigenvalue weighted by Crippen LogP contribution is 2.15. The molecule has 8 nitrogen and oxygen atoms in total. The summed E-state index contributed by atoms with van der Waals surface area (Å²) in [7, 11) is 1.65. The van der Waals surface area contributed by atoms with E-state index in [4.69, 9.17) is 4.74 Å². The Kier molecular flexibility index (Phi) is 8.03. The molecule has 3 aromatic rings. The second kappa shape index (κ2) is 11.6. The Bertz CT molecular complexity index is 1010. The maximum atomic E-state index is 12.6. The van der Waals surface area contributed by atoms with Crippen molar-refractivity contribution in [2.24, 2.45) is 0 Å². The Hall–Kier alpha value is -3.26. The minimum Gasteiger partial charge on any atom is -0.497 e. The van der Waals surface area contributed by atoms with Gasteiger partial charge in [-0.25, -0.2) is 0 Å². The molecule has 1 fully saturated rings. The summed E-state index contributed by atoms with van der Waals surface area (Å²) in [4.78, 5) is 18.8. The van der Waals surface area contributed by atoms with Gasteiger partial charge in [0.05, 0.1) is 20.1 Å². The van der Waals surface area contributed by atoms with Crippen LogP contribution in [0.15, 0.2) is 54.6 Å². The summed E-state index contributed by atoms with van der Waals surface area (Å²) < 4.78 is 5.25. The first-order chi connectivity index (χ1) is 16.2. The Morgan fingerprint density at radius 2 is 1.73 bits per heavy atom. The number of tetrazole rings is 1. The van der Waals surface area contributed by atoms with Crippen molar-refractivity contribution >= 4 is 5.91 Å². The summed E-state index contributed by atoms with van der Waals surface area (Å²) in [5.41, 5.74) is 1.99. The summed E-state index contributed by atoms with van der Waals surface area (Å²) in [5, 5.41) is 12.8. The predicted octanol–water partition coefficient (Wildman–Crippen LogP) is 2.91. The van der Waals surface area contributed by atoms with E-state index in [1.807, 2.05) is 59.5 Å². The van der Waals surface area contributed by atoms with Crippen LogP contribution >= 0.6 is 0 Å². The number of benzene rings is 2. The molecule has 0 unspecified atom stereocenters. The van der Waals surface area contributed by atoms with Crippen LogP contribution in [0.1, 0.15) is 24.8 Å². The first kappa shape index (κ1) is 22.9. The van der Waals surface area contributed by atoms with Crippen molar-refractivity contribution in [3.8, 4) is 17.1 Å². The molecule has 0 atom stereocenters. The van der Waals surface area contributed by atoms with Gasteiger partial charge in [0.15, 0.2) is 0 Å². The lowest BCUT2D eigenvalue weighted by molar-refractivity contribution is -0.132. The van der Waals surface area contributed by atoms with Crippen molar-refractivity contribution < 1.29 is 9.53 Å². The number of hydrogen-bond donors (Lipinski definition) is 0. The maximum absolute atomic E-state index is 12.6. The molecular formula is C25H32N6O2. The molecule has 0 spiro atoms. The number of piperazine rings is 1. The quantitative estimate of drug-likeness (QED) is 0.444. The highest BCUT2D eigenvalue weighted by Gasteiger charge is 2.21. The lowest BCUT2D eigenvalue weighted by atomic mass is 10.1. The van der Waals surface area contributed by atoms with Gasteiger partial charge in [-0.1, -0.05) is 48.9 Å². The average Bonchev–Trinajstić information content (AvgIpc) is 3.34. The fourth-order valence-electron chi connectivity index (χ4n) is 4.10. The summed E-state index contributed by atoms with van der Waals surface area (Å²) in [6.07, 6.45) is 3.72.